The fraction of sp³-hybridized carbons (Fsp3) is 0.344. The van der Waals surface area contributed by atoms with Crippen LogP contribution in [0.1, 0.15) is 91.9 Å². The van der Waals surface area contributed by atoms with Gasteiger partial charge in [0.2, 0.25) is 5.78 Å². The summed E-state index contributed by atoms with van der Waals surface area (Å²) in [5.41, 5.74) is 2.84. The first kappa shape index (κ1) is 27.9. The van der Waals surface area contributed by atoms with E-state index in [-0.39, 0.29) is 23.9 Å². The number of carboxylic acid groups (broad SMARTS) is 1. The zero-order valence-corrected chi connectivity index (χ0v) is 23.6. The third kappa shape index (κ3) is 5.39. The smallest absolute Gasteiger partial charge is 0.309 e. The van der Waals surface area contributed by atoms with Gasteiger partial charge in [-0.2, -0.15) is 0 Å². The molecule has 7 heteroatoms. The number of aliphatic carboxylic acids is 1. The second kappa shape index (κ2) is 10.2. The molecule has 7 nitrogen and oxygen atoms in total. The third-order valence-electron chi connectivity index (χ3n) is 7.07. The average Bonchev–Trinajstić information content (AvgIpc) is 3.19. The molecular weight excluding hydrogens is 490 g/mol. The van der Waals surface area contributed by atoms with Crippen LogP contribution in [0.3, 0.4) is 0 Å². The van der Waals surface area contributed by atoms with Crippen LogP contribution in [-0.4, -0.2) is 37.0 Å². The van der Waals surface area contributed by atoms with E-state index in [1.54, 1.807) is 48.8 Å². The summed E-state index contributed by atoms with van der Waals surface area (Å²) in [7, 11) is 0. The largest absolute Gasteiger partial charge is 0.481 e. The van der Waals surface area contributed by atoms with E-state index >= 15 is 0 Å². The van der Waals surface area contributed by atoms with E-state index < -0.39 is 16.8 Å². The number of hydrogen-bond donors (Lipinski definition) is 1. The second-order valence-electron chi connectivity index (χ2n) is 12.1. The van der Waals surface area contributed by atoms with Gasteiger partial charge in [-0.1, -0.05) is 52.8 Å². The standard InChI is InChI=1S/C32H35N3O4/c1-19(2)20-11-12-35-25(14-20)26(29(37)31(3,4)5)24(15-32(6,7)30(38)39)27(35)28(36)22-10-8-9-21(13-22)23-16-33-18-34-17-23/h8-14,16-19H,15H2,1-7H3,(H,38,39). The lowest BCUT2D eigenvalue weighted by atomic mass is 9.79. The number of carboxylic acids is 1. The fourth-order valence-corrected chi connectivity index (χ4v) is 4.67. The van der Waals surface area contributed by atoms with Crippen molar-refractivity contribution in [1.29, 1.82) is 0 Å². The van der Waals surface area contributed by atoms with Gasteiger partial charge >= 0.3 is 5.97 Å². The van der Waals surface area contributed by atoms with E-state index in [1.165, 1.54) is 6.33 Å². The lowest BCUT2D eigenvalue weighted by Crippen LogP contribution is -2.29. The van der Waals surface area contributed by atoms with Gasteiger partial charge in [-0.05, 0) is 61.1 Å². The zero-order valence-electron chi connectivity index (χ0n) is 23.6. The molecule has 202 valence electrons. The van der Waals surface area contributed by atoms with Gasteiger partial charge in [0, 0.05) is 40.7 Å². The highest BCUT2D eigenvalue weighted by Crippen LogP contribution is 2.37. The van der Waals surface area contributed by atoms with Crippen molar-refractivity contribution >= 4 is 23.1 Å². The molecule has 0 saturated heterocycles. The molecule has 1 N–H and O–H groups in total. The minimum absolute atomic E-state index is 0.0193. The number of hydrogen-bond acceptors (Lipinski definition) is 5. The van der Waals surface area contributed by atoms with Crippen LogP contribution >= 0.6 is 0 Å². The summed E-state index contributed by atoms with van der Waals surface area (Å²) < 4.78 is 1.76. The average molecular weight is 526 g/mol. The lowest BCUT2D eigenvalue weighted by Gasteiger charge is -2.22. The first-order valence-corrected chi connectivity index (χ1v) is 13.1. The number of nitrogens with zero attached hydrogens (tertiary/aromatic N) is 3. The molecule has 4 rings (SSSR count). The van der Waals surface area contributed by atoms with E-state index in [0.717, 1.165) is 16.7 Å². The number of fused-ring (bicyclic) bond motifs is 1. The van der Waals surface area contributed by atoms with Crippen LogP contribution in [0.4, 0.5) is 0 Å². The Hall–Kier alpha value is -4.13. The molecule has 0 spiro atoms. The highest BCUT2D eigenvalue weighted by atomic mass is 16.4. The zero-order chi connectivity index (χ0) is 28.7. The first-order chi connectivity index (χ1) is 18.2. The van der Waals surface area contributed by atoms with E-state index in [9.17, 15) is 19.5 Å². The first-order valence-electron chi connectivity index (χ1n) is 13.1. The molecular formula is C32H35N3O4. The van der Waals surface area contributed by atoms with E-state index in [2.05, 4.69) is 23.8 Å². The Bertz CT molecular complexity index is 1570. The Morgan fingerprint density at radius 1 is 0.949 bits per heavy atom. The van der Waals surface area contributed by atoms with E-state index in [0.29, 0.717) is 27.9 Å². The van der Waals surface area contributed by atoms with Crippen molar-refractivity contribution in [3.8, 4) is 11.1 Å². The van der Waals surface area contributed by atoms with Crippen LogP contribution in [-0.2, 0) is 11.2 Å². The number of pyridine rings is 1. The molecule has 0 aliphatic heterocycles. The number of aromatic nitrogens is 3. The third-order valence-corrected chi connectivity index (χ3v) is 7.07. The van der Waals surface area contributed by atoms with Crippen LogP contribution in [0.25, 0.3) is 16.6 Å². The van der Waals surface area contributed by atoms with E-state index in [1.807, 2.05) is 45.2 Å². The van der Waals surface area contributed by atoms with Gasteiger partial charge in [0.1, 0.15) is 6.33 Å². The quantitative estimate of drug-likeness (QED) is 0.259. The number of ketones is 2. The van der Waals surface area contributed by atoms with Crippen LogP contribution in [0, 0.1) is 10.8 Å². The fourth-order valence-electron chi connectivity index (χ4n) is 4.67. The Kier molecular flexibility index (Phi) is 7.30. The van der Waals surface area contributed by atoms with Crippen molar-refractivity contribution < 1.29 is 19.5 Å². The Morgan fingerprint density at radius 3 is 2.21 bits per heavy atom. The van der Waals surface area contributed by atoms with E-state index in [4.69, 9.17) is 0 Å². The molecule has 0 unspecified atom stereocenters. The molecule has 3 aromatic heterocycles. The van der Waals surface area contributed by atoms with Gasteiger partial charge in [0.15, 0.2) is 5.78 Å². The highest BCUT2D eigenvalue weighted by Gasteiger charge is 2.37. The van der Waals surface area contributed by atoms with Crippen molar-refractivity contribution in [3.05, 3.63) is 89.3 Å². The Balaban J connectivity index is 2.04. The molecule has 39 heavy (non-hydrogen) atoms. The van der Waals surface area contributed by atoms with Gasteiger partial charge in [-0.25, -0.2) is 9.97 Å². The lowest BCUT2D eigenvalue weighted by molar-refractivity contribution is -0.146. The number of rotatable bonds is 8. The topological polar surface area (TPSA) is 102 Å². The highest BCUT2D eigenvalue weighted by molar-refractivity contribution is 6.15. The molecule has 1 aromatic carbocycles. The van der Waals surface area contributed by atoms with Crippen molar-refractivity contribution in [2.75, 3.05) is 0 Å². The summed E-state index contributed by atoms with van der Waals surface area (Å²) >= 11 is 0. The number of carbonyl (C=O) groups is 3. The van der Waals surface area contributed by atoms with Gasteiger partial charge in [0.25, 0.3) is 0 Å². The number of benzene rings is 1. The maximum absolute atomic E-state index is 14.3. The van der Waals surface area contributed by atoms with Gasteiger partial charge in [0.05, 0.1) is 16.6 Å². The monoisotopic (exact) mass is 525 g/mol. The SMILES string of the molecule is CC(C)c1ccn2c(C(=O)c3cccc(-c4cncnc4)c3)c(CC(C)(C)C(=O)O)c(C(=O)C(C)(C)C)c2c1. The van der Waals surface area contributed by atoms with Crippen LogP contribution in [0.2, 0.25) is 0 Å². The molecule has 0 fully saturated rings. The van der Waals surface area contributed by atoms with Crippen LogP contribution < -0.4 is 0 Å². The Morgan fingerprint density at radius 2 is 1.62 bits per heavy atom. The summed E-state index contributed by atoms with van der Waals surface area (Å²) in [6.07, 6.45) is 6.64. The predicted molar refractivity (Wildman–Crippen MR) is 151 cm³/mol. The van der Waals surface area contributed by atoms with Crippen molar-refractivity contribution in [3.63, 3.8) is 0 Å². The van der Waals surface area contributed by atoms with Gasteiger partial charge < -0.3 is 9.51 Å². The molecule has 0 atom stereocenters. The predicted octanol–water partition coefficient (Wildman–Crippen LogP) is 6.63. The minimum atomic E-state index is -1.21. The summed E-state index contributed by atoms with van der Waals surface area (Å²) in [6, 6.07) is 11.1. The van der Waals surface area contributed by atoms with Crippen LogP contribution in [0.5, 0.6) is 0 Å². The normalized spacial score (nSPS) is 12.2. The van der Waals surface area contributed by atoms with Crippen molar-refractivity contribution in [2.24, 2.45) is 10.8 Å². The molecule has 4 aromatic rings. The molecule has 0 aliphatic carbocycles. The van der Waals surface area contributed by atoms with Crippen molar-refractivity contribution in [2.45, 2.75) is 60.8 Å². The maximum Gasteiger partial charge on any atom is 0.309 e. The molecule has 0 amide bonds. The second-order valence-corrected chi connectivity index (χ2v) is 12.1. The number of carbonyl (C=O) groups excluding carboxylic acids is 2. The van der Waals surface area contributed by atoms with Gasteiger partial charge in [-0.15, -0.1) is 0 Å². The molecule has 0 aliphatic rings. The summed E-state index contributed by atoms with van der Waals surface area (Å²) in [4.78, 5) is 48.7. The van der Waals surface area contributed by atoms with Crippen molar-refractivity contribution in [1.82, 2.24) is 14.4 Å². The van der Waals surface area contributed by atoms with Crippen LogP contribution in [0.15, 0.2) is 61.3 Å². The minimum Gasteiger partial charge on any atom is -0.481 e. The number of Topliss-reactive ketones (excluding diaryl/α,β-unsaturated/α-hetero) is 1. The summed E-state index contributed by atoms with van der Waals surface area (Å²) in [6.45, 7) is 12.9. The Labute approximate surface area is 228 Å². The molecule has 0 radical (unpaired) electrons. The summed E-state index contributed by atoms with van der Waals surface area (Å²) in [5.74, 6) is -1.22. The van der Waals surface area contributed by atoms with Gasteiger partial charge in [-0.3, -0.25) is 14.4 Å². The molecule has 3 heterocycles. The maximum atomic E-state index is 14.3. The summed E-state index contributed by atoms with van der Waals surface area (Å²) in [5, 5.41) is 10.0. The molecule has 0 saturated carbocycles. The molecule has 0 bridgehead atoms.